The van der Waals surface area contributed by atoms with Crippen molar-refractivity contribution in [3.05, 3.63) is 66.9 Å². The number of para-hydroxylation sites is 1. The minimum Gasteiger partial charge on any atom is -0.278 e. The van der Waals surface area contributed by atoms with Gasteiger partial charge in [0.15, 0.2) is 0 Å². The first-order valence-electron chi connectivity index (χ1n) is 4.85. The van der Waals surface area contributed by atoms with Gasteiger partial charge >= 0.3 is 0 Å². The predicted molar refractivity (Wildman–Crippen MR) is 62.5 cm³/mol. The van der Waals surface area contributed by atoms with E-state index in [0.29, 0.717) is 0 Å². The second kappa shape index (κ2) is 4.96. The topological polar surface area (TPSA) is 28.7 Å². The van der Waals surface area contributed by atoms with Crippen molar-refractivity contribution in [3.63, 3.8) is 0 Å². The van der Waals surface area contributed by atoms with E-state index in [0.717, 1.165) is 10.9 Å². The molecule has 3 aromatic rings. The van der Waals surface area contributed by atoms with Gasteiger partial charge in [-0.25, -0.2) is 0 Å². The molecule has 0 aliphatic carbocycles. The van der Waals surface area contributed by atoms with E-state index in [1.807, 2.05) is 66.9 Å². The van der Waals surface area contributed by atoms with E-state index in [1.54, 1.807) is 0 Å². The molecule has 0 fully saturated rings. The van der Waals surface area contributed by atoms with Crippen LogP contribution >= 0.6 is 0 Å². The van der Waals surface area contributed by atoms with E-state index in [-0.39, 0.29) is 0 Å². The van der Waals surface area contributed by atoms with Crippen LogP contribution in [0.15, 0.2) is 66.9 Å². The zero-order chi connectivity index (χ0) is 10.3. The summed E-state index contributed by atoms with van der Waals surface area (Å²) in [4.78, 5) is 0. The third-order valence-corrected chi connectivity index (χ3v) is 2.02. The monoisotopic (exact) mass is 196 g/mol. The molecule has 0 radical (unpaired) electrons. The third kappa shape index (κ3) is 2.68. The molecule has 0 bridgehead atoms. The largest absolute Gasteiger partial charge is 0.278 e. The molecule has 0 unspecified atom stereocenters. The van der Waals surface area contributed by atoms with Crippen LogP contribution in [0.5, 0.6) is 0 Å². The fourth-order valence-corrected chi connectivity index (χ4v) is 1.27. The highest BCUT2D eigenvalue weighted by molar-refractivity contribution is 5.77. The Morgan fingerprint density at radius 2 is 1.33 bits per heavy atom. The average molecular weight is 196 g/mol. The smallest absolute Gasteiger partial charge is 0.0650 e. The number of rotatable bonds is 0. The van der Waals surface area contributed by atoms with Crippen LogP contribution < -0.4 is 0 Å². The van der Waals surface area contributed by atoms with Gasteiger partial charge in [-0.2, -0.15) is 5.10 Å². The molecule has 0 aliphatic heterocycles. The number of fused-ring (bicyclic) bond motifs is 1. The summed E-state index contributed by atoms with van der Waals surface area (Å²) in [5.74, 6) is 0. The Labute approximate surface area is 88.6 Å². The molecule has 0 saturated heterocycles. The molecule has 2 nitrogen and oxygen atoms in total. The zero-order valence-corrected chi connectivity index (χ0v) is 8.30. The number of H-pyrrole nitrogens is 1. The molecule has 2 heteroatoms. The summed E-state index contributed by atoms with van der Waals surface area (Å²) in [6.07, 6.45) is 1.81. The zero-order valence-electron chi connectivity index (χ0n) is 8.30. The molecule has 1 N–H and O–H groups in total. The number of hydrogen-bond donors (Lipinski definition) is 1. The molecular formula is C13H12N2. The number of nitrogens with zero attached hydrogens (tertiary/aromatic N) is 1. The van der Waals surface area contributed by atoms with Crippen molar-refractivity contribution < 1.29 is 0 Å². The molecule has 0 saturated carbocycles. The maximum absolute atomic E-state index is 3.88. The number of benzene rings is 2. The number of aromatic nitrogens is 2. The van der Waals surface area contributed by atoms with E-state index in [9.17, 15) is 0 Å². The third-order valence-electron chi connectivity index (χ3n) is 2.02. The molecule has 2 aromatic carbocycles. The van der Waals surface area contributed by atoms with Gasteiger partial charge in [-0.15, -0.1) is 0 Å². The molecule has 1 heterocycles. The van der Waals surface area contributed by atoms with Gasteiger partial charge in [0.25, 0.3) is 0 Å². The summed E-state index contributed by atoms with van der Waals surface area (Å²) < 4.78 is 0. The van der Waals surface area contributed by atoms with Crippen LogP contribution in [0.4, 0.5) is 0 Å². The van der Waals surface area contributed by atoms with Crippen LogP contribution in [-0.2, 0) is 0 Å². The summed E-state index contributed by atoms with van der Waals surface area (Å²) in [6, 6.07) is 20.0. The minimum atomic E-state index is 1.09. The Balaban J connectivity index is 0.000000124. The lowest BCUT2D eigenvalue weighted by Gasteiger charge is -1.81. The van der Waals surface area contributed by atoms with Crippen LogP contribution in [0.2, 0.25) is 0 Å². The standard InChI is InChI=1S/C7H6N2.C6H6/c1-2-4-7-6(3-1)5-8-9-7;1-2-4-6-5-3-1/h1-5H,(H,8,9);1-6H. The van der Waals surface area contributed by atoms with Gasteiger partial charge in [-0.1, -0.05) is 54.6 Å². The Hall–Kier alpha value is -2.09. The first kappa shape index (κ1) is 9.46. The molecule has 74 valence electrons. The van der Waals surface area contributed by atoms with Crippen molar-refractivity contribution in [1.82, 2.24) is 10.2 Å². The van der Waals surface area contributed by atoms with Gasteiger partial charge in [0.2, 0.25) is 0 Å². The number of hydrogen-bond acceptors (Lipinski definition) is 1. The van der Waals surface area contributed by atoms with Gasteiger partial charge in [0.1, 0.15) is 0 Å². The molecule has 1 aromatic heterocycles. The maximum Gasteiger partial charge on any atom is 0.0650 e. The van der Waals surface area contributed by atoms with E-state index < -0.39 is 0 Å². The van der Waals surface area contributed by atoms with Gasteiger partial charge in [-0.3, -0.25) is 5.10 Å². The summed E-state index contributed by atoms with van der Waals surface area (Å²) >= 11 is 0. The Morgan fingerprint density at radius 3 is 1.93 bits per heavy atom. The quantitative estimate of drug-likeness (QED) is 0.587. The lowest BCUT2D eigenvalue weighted by Crippen LogP contribution is -1.63. The van der Waals surface area contributed by atoms with Gasteiger partial charge < -0.3 is 0 Å². The van der Waals surface area contributed by atoms with Gasteiger partial charge in [0.05, 0.1) is 11.7 Å². The fraction of sp³-hybridized carbons (Fsp3) is 0. The van der Waals surface area contributed by atoms with E-state index in [1.165, 1.54) is 0 Å². The Kier molecular flexibility index (Phi) is 3.13. The summed E-state index contributed by atoms with van der Waals surface area (Å²) in [6.45, 7) is 0. The van der Waals surface area contributed by atoms with Crippen LogP contribution in [-0.4, -0.2) is 10.2 Å². The normalized spacial score (nSPS) is 9.33. The lowest BCUT2D eigenvalue weighted by atomic mass is 10.3. The van der Waals surface area contributed by atoms with Crippen LogP contribution in [0.1, 0.15) is 0 Å². The molecule has 0 spiro atoms. The van der Waals surface area contributed by atoms with Gasteiger partial charge in [-0.05, 0) is 6.07 Å². The number of nitrogens with one attached hydrogen (secondary N) is 1. The molecular weight excluding hydrogens is 184 g/mol. The first-order chi connectivity index (χ1) is 7.47. The highest BCUT2D eigenvalue weighted by Gasteiger charge is 1.88. The highest BCUT2D eigenvalue weighted by atomic mass is 15.1. The molecule has 0 atom stereocenters. The number of aromatic amines is 1. The second-order valence-electron chi connectivity index (χ2n) is 3.11. The van der Waals surface area contributed by atoms with Crippen LogP contribution in [0, 0.1) is 0 Å². The fourth-order valence-electron chi connectivity index (χ4n) is 1.27. The molecule has 15 heavy (non-hydrogen) atoms. The van der Waals surface area contributed by atoms with Crippen molar-refractivity contribution >= 4 is 10.9 Å². The van der Waals surface area contributed by atoms with E-state index in [2.05, 4.69) is 10.2 Å². The molecule has 0 amide bonds. The Morgan fingerprint density at radius 1 is 0.733 bits per heavy atom. The second-order valence-corrected chi connectivity index (χ2v) is 3.11. The highest BCUT2D eigenvalue weighted by Crippen LogP contribution is 2.06. The van der Waals surface area contributed by atoms with Gasteiger partial charge in [0, 0.05) is 5.39 Å². The van der Waals surface area contributed by atoms with Crippen molar-refractivity contribution in [3.8, 4) is 0 Å². The van der Waals surface area contributed by atoms with Crippen molar-refractivity contribution in [1.29, 1.82) is 0 Å². The summed E-state index contributed by atoms with van der Waals surface area (Å²) in [5.41, 5.74) is 1.09. The average Bonchev–Trinajstić information content (AvgIpc) is 2.80. The molecule has 3 rings (SSSR count). The molecule has 0 aliphatic rings. The van der Waals surface area contributed by atoms with Crippen molar-refractivity contribution in [2.45, 2.75) is 0 Å². The van der Waals surface area contributed by atoms with Crippen LogP contribution in [0.3, 0.4) is 0 Å². The maximum atomic E-state index is 3.88. The van der Waals surface area contributed by atoms with E-state index >= 15 is 0 Å². The SMILES string of the molecule is c1ccc2[nH]ncc2c1.c1ccccc1. The first-order valence-corrected chi connectivity index (χ1v) is 4.85. The van der Waals surface area contributed by atoms with Crippen molar-refractivity contribution in [2.75, 3.05) is 0 Å². The minimum absolute atomic E-state index is 1.09. The summed E-state index contributed by atoms with van der Waals surface area (Å²) in [7, 11) is 0. The predicted octanol–water partition coefficient (Wildman–Crippen LogP) is 3.25. The van der Waals surface area contributed by atoms with E-state index in [4.69, 9.17) is 0 Å². The Bertz CT molecular complexity index is 443. The lowest BCUT2D eigenvalue weighted by molar-refractivity contribution is 1.12. The van der Waals surface area contributed by atoms with Crippen molar-refractivity contribution in [2.24, 2.45) is 0 Å². The van der Waals surface area contributed by atoms with Crippen LogP contribution in [0.25, 0.3) is 10.9 Å². The summed E-state index contributed by atoms with van der Waals surface area (Å²) in [5, 5.41) is 7.91.